The van der Waals surface area contributed by atoms with E-state index >= 15 is 0 Å². The first-order valence-corrected chi connectivity index (χ1v) is 15.9. The maximum atomic E-state index is 14.1. The average molecular weight is 651 g/mol. The molecule has 2 unspecified atom stereocenters. The van der Waals surface area contributed by atoms with E-state index in [4.69, 9.17) is 32.7 Å². The van der Waals surface area contributed by atoms with Gasteiger partial charge in [-0.3, -0.25) is 13.9 Å². The van der Waals surface area contributed by atoms with Crippen LogP contribution in [0.15, 0.2) is 65.6 Å². The third kappa shape index (κ3) is 8.34. The van der Waals surface area contributed by atoms with E-state index in [2.05, 4.69) is 5.32 Å². The highest BCUT2D eigenvalue weighted by Gasteiger charge is 2.33. The molecule has 0 radical (unpaired) electrons. The number of sulfonamides is 1. The molecule has 232 valence electrons. The number of methoxy groups -OCH3 is 2. The molecule has 0 bridgehead atoms. The molecule has 3 aromatic rings. The zero-order valence-corrected chi connectivity index (χ0v) is 27.4. The van der Waals surface area contributed by atoms with Crippen LogP contribution >= 0.6 is 23.2 Å². The third-order valence-corrected chi connectivity index (χ3v) is 9.42. The van der Waals surface area contributed by atoms with Crippen molar-refractivity contribution < 1.29 is 27.5 Å². The van der Waals surface area contributed by atoms with Crippen molar-refractivity contribution in [2.45, 2.75) is 57.6 Å². The summed E-state index contributed by atoms with van der Waals surface area (Å²) in [7, 11) is -1.45. The summed E-state index contributed by atoms with van der Waals surface area (Å²) in [4.78, 5) is 28.5. The topological polar surface area (TPSA) is 105 Å². The Hall–Kier alpha value is -3.47. The molecule has 0 saturated heterocycles. The van der Waals surface area contributed by atoms with E-state index in [0.29, 0.717) is 27.8 Å². The molecule has 0 fully saturated rings. The second-order valence-corrected chi connectivity index (χ2v) is 12.8. The zero-order valence-electron chi connectivity index (χ0n) is 25.1. The highest BCUT2D eigenvalue weighted by Crippen LogP contribution is 2.32. The first-order valence-electron chi connectivity index (χ1n) is 13.7. The second kappa shape index (κ2) is 14.8. The molecule has 0 aliphatic rings. The lowest BCUT2D eigenvalue weighted by molar-refractivity contribution is -0.139. The maximum absolute atomic E-state index is 14.1. The number of halogens is 2. The maximum Gasteiger partial charge on any atom is 0.264 e. The van der Waals surface area contributed by atoms with Crippen molar-refractivity contribution >= 4 is 50.7 Å². The highest BCUT2D eigenvalue weighted by molar-refractivity contribution is 7.92. The van der Waals surface area contributed by atoms with E-state index in [1.165, 1.54) is 37.3 Å². The number of amides is 2. The van der Waals surface area contributed by atoms with Crippen molar-refractivity contribution in [2.24, 2.45) is 0 Å². The van der Waals surface area contributed by atoms with Crippen LogP contribution in [0.3, 0.4) is 0 Å². The lowest BCUT2D eigenvalue weighted by Gasteiger charge is -2.32. The second-order valence-electron chi connectivity index (χ2n) is 10.1. The van der Waals surface area contributed by atoms with Crippen molar-refractivity contribution in [1.82, 2.24) is 10.2 Å². The van der Waals surface area contributed by atoms with Gasteiger partial charge in [0.15, 0.2) is 11.5 Å². The number of hydrogen-bond acceptors (Lipinski definition) is 6. The molecule has 43 heavy (non-hydrogen) atoms. The van der Waals surface area contributed by atoms with Gasteiger partial charge < -0.3 is 19.7 Å². The van der Waals surface area contributed by atoms with E-state index in [1.54, 1.807) is 49.4 Å². The molecule has 12 heteroatoms. The molecule has 0 saturated carbocycles. The number of ether oxygens (including phenoxy) is 2. The molecule has 2 amide bonds. The van der Waals surface area contributed by atoms with Crippen LogP contribution in [-0.2, 0) is 26.2 Å². The monoisotopic (exact) mass is 649 g/mol. The fraction of sp³-hybridized carbons (Fsp3) is 0.355. The van der Waals surface area contributed by atoms with Gasteiger partial charge in [0.25, 0.3) is 10.0 Å². The normalized spacial score (nSPS) is 12.7. The van der Waals surface area contributed by atoms with Gasteiger partial charge in [-0.2, -0.15) is 0 Å². The van der Waals surface area contributed by atoms with E-state index in [9.17, 15) is 18.0 Å². The molecule has 1 N–H and O–H groups in total. The number of anilines is 1. The SMILES string of the molecule is CCC(C)NC(=O)C(C)N(Cc1ccc(Cl)cc1Cl)C(=O)CN(c1ccc(C)cc1)S(=O)(=O)c1ccc(OC)c(OC)c1. The Labute approximate surface area is 263 Å². The van der Waals surface area contributed by atoms with Crippen LogP contribution < -0.4 is 19.1 Å². The largest absolute Gasteiger partial charge is 0.493 e. The first kappa shape index (κ1) is 34.0. The summed E-state index contributed by atoms with van der Waals surface area (Å²) >= 11 is 12.5. The van der Waals surface area contributed by atoms with E-state index in [1.807, 2.05) is 20.8 Å². The summed E-state index contributed by atoms with van der Waals surface area (Å²) in [6.45, 7) is 6.62. The summed E-state index contributed by atoms with van der Waals surface area (Å²) in [6.07, 6.45) is 0.695. The van der Waals surface area contributed by atoms with Gasteiger partial charge in [0.1, 0.15) is 12.6 Å². The Bertz CT molecular complexity index is 1550. The van der Waals surface area contributed by atoms with Gasteiger partial charge in [-0.25, -0.2) is 8.42 Å². The zero-order chi connectivity index (χ0) is 31.9. The van der Waals surface area contributed by atoms with Gasteiger partial charge >= 0.3 is 0 Å². The van der Waals surface area contributed by atoms with E-state index in [0.717, 1.165) is 9.87 Å². The van der Waals surface area contributed by atoms with Crippen molar-refractivity contribution in [3.8, 4) is 11.5 Å². The summed E-state index contributed by atoms with van der Waals surface area (Å²) in [5, 5.41) is 3.63. The lowest BCUT2D eigenvalue weighted by atomic mass is 10.1. The Morgan fingerprint density at radius 1 is 0.930 bits per heavy atom. The molecule has 9 nitrogen and oxygen atoms in total. The smallest absolute Gasteiger partial charge is 0.264 e. The van der Waals surface area contributed by atoms with Gasteiger partial charge in [0.2, 0.25) is 11.8 Å². The summed E-state index contributed by atoms with van der Waals surface area (Å²) < 4.78 is 39.9. The van der Waals surface area contributed by atoms with Gasteiger partial charge in [0, 0.05) is 28.7 Å². The quantitative estimate of drug-likeness (QED) is 0.249. The number of carbonyl (C=O) groups is 2. The molecule has 0 heterocycles. The van der Waals surface area contributed by atoms with Crippen LogP contribution in [0.4, 0.5) is 5.69 Å². The molecule has 2 atom stereocenters. The van der Waals surface area contributed by atoms with E-state index < -0.39 is 28.5 Å². The van der Waals surface area contributed by atoms with Crippen molar-refractivity contribution in [3.63, 3.8) is 0 Å². The summed E-state index contributed by atoms with van der Waals surface area (Å²) in [6, 6.07) is 14.7. The lowest BCUT2D eigenvalue weighted by Crippen LogP contribution is -2.52. The molecular weight excluding hydrogens is 613 g/mol. The number of hydrogen-bond donors (Lipinski definition) is 1. The Balaban J connectivity index is 2.08. The first-order chi connectivity index (χ1) is 20.3. The fourth-order valence-electron chi connectivity index (χ4n) is 4.23. The molecular formula is C31H37Cl2N3O6S. The fourth-order valence-corrected chi connectivity index (χ4v) is 6.12. The van der Waals surface area contributed by atoms with Crippen molar-refractivity contribution in [2.75, 3.05) is 25.1 Å². The van der Waals surface area contributed by atoms with Crippen LogP contribution in [0.2, 0.25) is 10.0 Å². The molecule has 3 aromatic carbocycles. The van der Waals surface area contributed by atoms with Gasteiger partial charge in [-0.05, 0) is 69.2 Å². The number of nitrogens with zero attached hydrogens (tertiary/aromatic N) is 2. The summed E-state index contributed by atoms with van der Waals surface area (Å²) in [5.74, 6) is -0.417. The highest BCUT2D eigenvalue weighted by atomic mass is 35.5. The summed E-state index contributed by atoms with van der Waals surface area (Å²) in [5.41, 5.74) is 1.73. The van der Waals surface area contributed by atoms with E-state index in [-0.39, 0.29) is 34.8 Å². The standard InChI is InChI=1S/C31H37Cl2N3O6S/c1-7-21(3)34-31(38)22(4)35(18-23-10-11-24(32)16-27(23)33)30(37)19-36(25-12-8-20(2)9-13-25)43(39,40)26-14-15-28(41-5)29(17-26)42-6/h8-17,21-22H,7,18-19H2,1-6H3,(H,34,38). The predicted molar refractivity (Wildman–Crippen MR) is 170 cm³/mol. The van der Waals surface area contributed by atoms with Crippen LogP contribution in [0, 0.1) is 6.92 Å². The predicted octanol–water partition coefficient (Wildman–Crippen LogP) is 5.85. The molecule has 0 aliphatic carbocycles. The molecule has 0 aliphatic heterocycles. The van der Waals surface area contributed by atoms with Crippen LogP contribution in [-0.4, -0.2) is 58.0 Å². The number of aryl methyl sites for hydroxylation is 1. The number of rotatable bonds is 13. The Morgan fingerprint density at radius 2 is 1.58 bits per heavy atom. The van der Waals surface area contributed by atoms with Gasteiger partial charge in [0.05, 0.1) is 24.8 Å². The molecule has 0 aromatic heterocycles. The van der Waals surface area contributed by atoms with Crippen molar-refractivity contribution in [3.05, 3.63) is 81.8 Å². The Morgan fingerprint density at radius 3 is 2.16 bits per heavy atom. The molecule has 0 spiro atoms. The minimum atomic E-state index is -4.30. The van der Waals surface area contributed by atoms with Crippen molar-refractivity contribution in [1.29, 1.82) is 0 Å². The number of benzene rings is 3. The van der Waals surface area contributed by atoms with Crippen LogP contribution in [0.25, 0.3) is 0 Å². The van der Waals surface area contributed by atoms with Crippen LogP contribution in [0.1, 0.15) is 38.3 Å². The number of nitrogens with one attached hydrogen (secondary N) is 1. The van der Waals surface area contributed by atoms with Gasteiger partial charge in [-0.1, -0.05) is 53.9 Å². The minimum absolute atomic E-state index is 0.0535. The Kier molecular flexibility index (Phi) is 11.7. The number of carbonyl (C=O) groups excluding carboxylic acids is 2. The minimum Gasteiger partial charge on any atom is -0.493 e. The third-order valence-electron chi connectivity index (χ3n) is 7.07. The average Bonchev–Trinajstić information content (AvgIpc) is 2.98. The molecule has 3 rings (SSSR count). The van der Waals surface area contributed by atoms with Crippen LogP contribution in [0.5, 0.6) is 11.5 Å². The van der Waals surface area contributed by atoms with Gasteiger partial charge in [-0.15, -0.1) is 0 Å².